The van der Waals surface area contributed by atoms with Crippen LogP contribution in [-0.4, -0.2) is 106 Å². The monoisotopic (exact) mass is 902 g/mol. The van der Waals surface area contributed by atoms with Crippen molar-refractivity contribution in [1.82, 2.24) is 49.0 Å². The van der Waals surface area contributed by atoms with Gasteiger partial charge in [0.25, 0.3) is 5.91 Å². The highest BCUT2D eigenvalue weighted by atomic mass is 16.2. The summed E-state index contributed by atoms with van der Waals surface area (Å²) in [5.74, 6) is 2.18. The van der Waals surface area contributed by atoms with Gasteiger partial charge in [0.1, 0.15) is 0 Å². The van der Waals surface area contributed by atoms with Crippen LogP contribution in [-0.2, 0) is 22.4 Å². The maximum absolute atomic E-state index is 13.3. The van der Waals surface area contributed by atoms with Crippen molar-refractivity contribution in [3.05, 3.63) is 102 Å². The van der Waals surface area contributed by atoms with Crippen molar-refractivity contribution in [2.75, 3.05) is 59.1 Å². The van der Waals surface area contributed by atoms with E-state index in [2.05, 4.69) is 66.1 Å². The second-order valence-electron chi connectivity index (χ2n) is 17.8. The van der Waals surface area contributed by atoms with E-state index in [-0.39, 0.29) is 17.7 Å². The number of likely N-dealkylation sites (N-methyl/N-ethyl adjacent to an activating group) is 1. The number of carbonyl (C=O) groups is 3. The lowest BCUT2D eigenvalue weighted by molar-refractivity contribution is -0.117. The largest absolute Gasteiger partial charge is 0.351 e. The first-order valence-electron chi connectivity index (χ1n) is 23.1. The van der Waals surface area contributed by atoms with Crippen LogP contribution >= 0.6 is 0 Å². The quantitative estimate of drug-likeness (QED) is 0.0977. The molecular formula is C48H54N16O3. The molecule has 0 spiro atoms. The summed E-state index contributed by atoms with van der Waals surface area (Å²) in [5.41, 5.74) is 7.98. The van der Waals surface area contributed by atoms with E-state index < -0.39 is 0 Å². The van der Waals surface area contributed by atoms with Gasteiger partial charge in [0.05, 0.1) is 12.4 Å². The molecule has 3 aliphatic heterocycles. The highest BCUT2D eigenvalue weighted by molar-refractivity contribution is 5.95. The molecule has 1 unspecified atom stereocenters. The molecule has 1 saturated heterocycles. The van der Waals surface area contributed by atoms with Crippen molar-refractivity contribution in [2.24, 2.45) is 0 Å². The molecule has 1 atom stereocenters. The molecule has 3 amide bonds. The van der Waals surface area contributed by atoms with E-state index in [4.69, 9.17) is 15.0 Å². The molecule has 19 heteroatoms. The lowest BCUT2D eigenvalue weighted by Crippen LogP contribution is -2.34. The molecule has 1 aliphatic carbocycles. The zero-order valence-corrected chi connectivity index (χ0v) is 37.6. The van der Waals surface area contributed by atoms with Gasteiger partial charge in [-0.15, -0.1) is 0 Å². The first-order valence-corrected chi connectivity index (χ1v) is 23.1. The summed E-state index contributed by atoms with van der Waals surface area (Å²) in [4.78, 5) is 60.7. The van der Waals surface area contributed by atoms with Crippen LogP contribution in [0.25, 0.3) is 11.3 Å². The summed E-state index contributed by atoms with van der Waals surface area (Å²) in [6.07, 6.45) is 12.8. The molecule has 67 heavy (non-hydrogen) atoms. The van der Waals surface area contributed by atoms with Crippen molar-refractivity contribution >= 4 is 81.2 Å². The molecular weight excluding hydrogens is 849 g/mol. The Balaban J connectivity index is 0.000000169. The molecule has 6 N–H and O–H groups in total. The highest BCUT2D eigenvalue weighted by Gasteiger charge is 2.29. The highest BCUT2D eigenvalue weighted by Crippen LogP contribution is 2.29. The zero-order valence-electron chi connectivity index (χ0n) is 37.6. The van der Waals surface area contributed by atoms with Gasteiger partial charge in [-0.1, -0.05) is 18.2 Å². The first kappa shape index (κ1) is 43.2. The molecule has 11 rings (SSSR count). The van der Waals surface area contributed by atoms with Crippen LogP contribution in [0.5, 0.6) is 0 Å². The number of hydrogen-bond donors (Lipinski definition) is 6. The molecule has 4 aromatic heterocycles. The van der Waals surface area contributed by atoms with Gasteiger partial charge in [0, 0.05) is 83.1 Å². The third-order valence-corrected chi connectivity index (χ3v) is 12.3. The van der Waals surface area contributed by atoms with Crippen molar-refractivity contribution in [3.8, 4) is 0 Å². The zero-order chi connectivity index (χ0) is 45.9. The fraction of sp³-hybridized carbons (Fsp3) is 0.354. The average molecular weight is 903 g/mol. The van der Waals surface area contributed by atoms with Crippen molar-refractivity contribution in [2.45, 2.75) is 82.7 Å². The summed E-state index contributed by atoms with van der Waals surface area (Å²) >= 11 is 0. The van der Waals surface area contributed by atoms with Gasteiger partial charge in [-0.05, 0) is 126 Å². The van der Waals surface area contributed by atoms with Gasteiger partial charge in [0.2, 0.25) is 35.6 Å². The van der Waals surface area contributed by atoms with Crippen molar-refractivity contribution in [3.63, 3.8) is 0 Å². The fourth-order valence-electron chi connectivity index (χ4n) is 8.54. The SMILES string of the molecule is CN(C)C1CCN(C(=O)c2cccc(Nc3nc4nc5c(cnn35)CCCCC(=O)Nc3cccc(c3)N4)c2)C1.O=C1CCCCc2cnn3c(NC4CC4)nc(nc23)Nc2cccc(c2)N1. The number of fused-ring (bicyclic) bond motifs is 6. The minimum absolute atomic E-state index is 0.00131. The van der Waals surface area contributed by atoms with Gasteiger partial charge >= 0.3 is 0 Å². The summed E-state index contributed by atoms with van der Waals surface area (Å²) in [6, 6.07) is 23.4. The number of benzene rings is 3. The van der Waals surface area contributed by atoms with Crippen LogP contribution in [0, 0.1) is 0 Å². The lowest BCUT2D eigenvalue weighted by atomic mass is 10.1. The Bertz CT molecular complexity index is 2960. The van der Waals surface area contributed by atoms with E-state index in [0.29, 0.717) is 65.6 Å². The Morgan fingerprint density at radius 2 is 1.18 bits per heavy atom. The second-order valence-corrected chi connectivity index (χ2v) is 17.8. The number of hydrogen-bond acceptors (Lipinski definition) is 14. The number of carbonyl (C=O) groups excluding carboxylic acids is 3. The number of aryl methyl sites for hydroxylation is 2. The number of aromatic nitrogens is 8. The standard InChI is InChI=1S/C29H33N9O2.C19H21N7O/c1-36(2)24-13-14-37(18-24)27(40)19-8-5-9-21(15-19)33-29-35-28-32-23-11-6-10-22(16-23)31-25(39)12-4-3-7-20-17-30-38(29)26(20)34-28;27-16-7-2-1-4-12-11-20-26-17(12)24-18(25-19(26)23-13-8-9-13)22-15-6-3-5-14(10-15)21-16/h5-6,8-11,15-17,24H,3-4,7,12-14,18H2,1-2H3,(H,31,39)(H2,32,33,34,35);3,5-6,10-11,13H,1-2,4,7-9H2,(H,21,27)(H2,22,23,24,25). The predicted octanol–water partition coefficient (Wildman–Crippen LogP) is 7.16. The molecule has 19 nitrogen and oxygen atoms in total. The molecule has 0 radical (unpaired) electrons. The summed E-state index contributed by atoms with van der Waals surface area (Å²) in [5, 5.41) is 28.3. The molecule has 4 aliphatic rings. The number of nitrogens with one attached hydrogen (secondary N) is 6. The van der Waals surface area contributed by atoms with Gasteiger partial charge in [0.15, 0.2) is 11.3 Å². The Labute approximate surface area is 387 Å². The van der Waals surface area contributed by atoms with E-state index >= 15 is 0 Å². The van der Waals surface area contributed by atoms with Gasteiger partial charge in [-0.3, -0.25) is 14.4 Å². The third-order valence-electron chi connectivity index (χ3n) is 12.3. The van der Waals surface area contributed by atoms with Crippen LogP contribution in [0.1, 0.15) is 79.3 Å². The number of rotatable bonds is 6. The van der Waals surface area contributed by atoms with E-state index in [1.54, 1.807) is 15.2 Å². The fourth-order valence-corrected chi connectivity index (χ4v) is 8.54. The van der Waals surface area contributed by atoms with Crippen LogP contribution < -0.4 is 31.9 Å². The summed E-state index contributed by atoms with van der Waals surface area (Å²) < 4.78 is 3.47. The smallest absolute Gasteiger partial charge is 0.253 e. The topological polar surface area (TPSA) is 216 Å². The average Bonchev–Trinajstić information content (AvgIpc) is 3.62. The van der Waals surface area contributed by atoms with E-state index in [9.17, 15) is 14.4 Å². The molecule has 2 fully saturated rings. The van der Waals surface area contributed by atoms with Crippen LogP contribution in [0.2, 0.25) is 0 Å². The van der Waals surface area contributed by atoms with Crippen molar-refractivity contribution < 1.29 is 14.4 Å². The minimum atomic E-state index is -0.00131. The Kier molecular flexibility index (Phi) is 12.3. The molecule has 3 aromatic carbocycles. The molecule has 7 heterocycles. The predicted molar refractivity (Wildman–Crippen MR) is 258 cm³/mol. The third kappa shape index (κ3) is 10.3. The number of nitrogens with zero attached hydrogens (tertiary/aromatic N) is 10. The lowest BCUT2D eigenvalue weighted by Gasteiger charge is -2.20. The summed E-state index contributed by atoms with van der Waals surface area (Å²) in [7, 11) is 4.11. The van der Waals surface area contributed by atoms with Gasteiger partial charge in [-0.25, -0.2) is 0 Å². The Morgan fingerprint density at radius 3 is 1.75 bits per heavy atom. The van der Waals surface area contributed by atoms with E-state index in [1.807, 2.05) is 83.9 Å². The second kappa shape index (κ2) is 19.0. The van der Waals surface area contributed by atoms with Gasteiger partial charge in [-0.2, -0.15) is 39.2 Å². The number of likely N-dealkylation sites (tertiary alicyclic amines) is 1. The maximum atomic E-state index is 13.3. The van der Waals surface area contributed by atoms with Crippen LogP contribution in [0.15, 0.2) is 85.2 Å². The maximum Gasteiger partial charge on any atom is 0.253 e. The number of anilines is 9. The van der Waals surface area contributed by atoms with E-state index in [1.165, 1.54) is 0 Å². The summed E-state index contributed by atoms with van der Waals surface area (Å²) in [6.45, 7) is 1.48. The van der Waals surface area contributed by atoms with Gasteiger partial charge < -0.3 is 41.7 Å². The number of amides is 3. The van der Waals surface area contributed by atoms with Crippen LogP contribution in [0.3, 0.4) is 0 Å². The normalized spacial score (nSPS) is 17.4. The van der Waals surface area contributed by atoms with Crippen molar-refractivity contribution in [1.29, 1.82) is 0 Å². The minimum Gasteiger partial charge on any atom is -0.351 e. The molecule has 344 valence electrons. The first-order chi connectivity index (χ1) is 32.7. The molecule has 8 bridgehead atoms. The Morgan fingerprint density at radius 1 is 0.642 bits per heavy atom. The Hall–Kier alpha value is -7.67. The molecule has 7 aromatic rings. The molecule has 1 saturated carbocycles. The van der Waals surface area contributed by atoms with Crippen LogP contribution in [0.4, 0.5) is 52.2 Å². The van der Waals surface area contributed by atoms with E-state index in [0.717, 1.165) is 110 Å².